The van der Waals surface area contributed by atoms with Crippen molar-refractivity contribution in [1.29, 1.82) is 0 Å². The first-order valence-electron chi connectivity index (χ1n) is 12.4. The van der Waals surface area contributed by atoms with Crippen LogP contribution in [0.5, 0.6) is 5.75 Å². The van der Waals surface area contributed by atoms with E-state index < -0.39 is 0 Å². The summed E-state index contributed by atoms with van der Waals surface area (Å²) in [5, 5.41) is 12.3. The molecule has 0 spiro atoms. The standard InChI is InChI=1S/C27H35N5O6/c1-34-17-37-24-14-32(15-25(24)38-18-35-2)20-8-9-23(36-16-19-6-4-3-5-7-19)21(12-20)22-13-26(29-10-11-33)31-27(28)30-22/h3-9,12-13,24-25,33H,10-11,14-18H2,1-2H3,(H3,28,29,30,31)/t24-,25-/m0/s1. The lowest BCUT2D eigenvalue weighted by atomic mass is 10.1. The third-order valence-corrected chi connectivity index (χ3v) is 6.02. The monoisotopic (exact) mass is 525 g/mol. The molecule has 1 fully saturated rings. The number of methoxy groups -OCH3 is 2. The SMILES string of the molecule is COCO[C@H]1CN(c2ccc(OCc3ccccc3)c(-c3cc(NCCO)nc(N)n3)c2)C[C@@H]1OCOC. The van der Waals surface area contributed by atoms with Crippen LogP contribution in [0, 0.1) is 0 Å². The van der Waals surface area contributed by atoms with Crippen molar-refractivity contribution in [3.8, 4) is 17.0 Å². The van der Waals surface area contributed by atoms with Crippen LogP contribution in [-0.2, 0) is 25.6 Å². The van der Waals surface area contributed by atoms with E-state index in [0.717, 1.165) is 16.8 Å². The molecular weight excluding hydrogens is 490 g/mol. The Morgan fingerprint density at radius 1 is 0.974 bits per heavy atom. The quantitative estimate of drug-likeness (QED) is 0.268. The first kappa shape index (κ1) is 27.6. The van der Waals surface area contributed by atoms with E-state index >= 15 is 0 Å². The molecule has 0 bridgehead atoms. The van der Waals surface area contributed by atoms with E-state index in [1.54, 1.807) is 20.3 Å². The van der Waals surface area contributed by atoms with Gasteiger partial charge < -0.3 is 44.7 Å². The van der Waals surface area contributed by atoms with Gasteiger partial charge in [-0.25, -0.2) is 4.98 Å². The van der Waals surface area contributed by atoms with E-state index in [4.69, 9.17) is 29.4 Å². The van der Waals surface area contributed by atoms with Crippen molar-refractivity contribution in [1.82, 2.24) is 9.97 Å². The van der Waals surface area contributed by atoms with Crippen LogP contribution in [0.4, 0.5) is 17.5 Å². The van der Waals surface area contributed by atoms with Gasteiger partial charge in [-0.05, 0) is 23.8 Å². The van der Waals surface area contributed by atoms with Crippen molar-refractivity contribution in [3.63, 3.8) is 0 Å². The first-order chi connectivity index (χ1) is 18.6. The number of hydrogen-bond donors (Lipinski definition) is 3. The number of rotatable bonds is 14. The van der Waals surface area contributed by atoms with Crippen LogP contribution in [0.15, 0.2) is 54.6 Å². The molecule has 2 atom stereocenters. The van der Waals surface area contributed by atoms with Gasteiger partial charge in [-0.1, -0.05) is 30.3 Å². The maximum Gasteiger partial charge on any atom is 0.222 e. The summed E-state index contributed by atoms with van der Waals surface area (Å²) < 4.78 is 28.2. The molecule has 38 heavy (non-hydrogen) atoms. The summed E-state index contributed by atoms with van der Waals surface area (Å²) >= 11 is 0. The van der Waals surface area contributed by atoms with Gasteiger partial charge in [-0.2, -0.15) is 4.98 Å². The zero-order valence-corrected chi connectivity index (χ0v) is 21.7. The highest BCUT2D eigenvalue weighted by atomic mass is 16.7. The lowest BCUT2D eigenvalue weighted by Crippen LogP contribution is -2.31. The number of aliphatic hydroxyl groups is 1. The minimum absolute atomic E-state index is 0.0340. The topological polar surface area (TPSA) is 133 Å². The van der Waals surface area contributed by atoms with Gasteiger partial charge in [0, 0.05) is 51.2 Å². The van der Waals surface area contributed by atoms with Crippen molar-refractivity contribution < 1.29 is 28.8 Å². The normalized spacial score (nSPS) is 17.1. The molecule has 11 nitrogen and oxygen atoms in total. The van der Waals surface area contributed by atoms with Crippen molar-refractivity contribution in [3.05, 3.63) is 60.2 Å². The van der Waals surface area contributed by atoms with Crippen LogP contribution in [-0.4, -0.2) is 81.3 Å². The third kappa shape index (κ3) is 7.30. The van der Waals surface area contributed by atoms with Gasteiger partial charge >= 0.3 is 0 Å². The maximum atomic E-state index is 9.22. The van der Waals surface area contributed by atoms with Gasteiger partial charge in [0.1, 0.15) is 44.0 Å². The molecule has 4 rings (SSSR count). The Morgan fingerprint density at radius 2 is 1.68 bits per heavy atom. The predicted molar refractivity (Wildman–Crippen MR) is 144 cm³/mol. The Bertz CT molecular complexity index is 1140. The summed E-state index contributed by atoms with van der Waals surface area (Å²) in [7, 11) is 3.19. The smallest absolute Gasteiger partial charge is 0.222 e. The lowest BCUT2D eigenvalue weighted by Gasteiger charge is -2.21. The van der Waals surface area contributed by atoms with Crippen LogP contribution < -0.4 is 20.7 Å². The number of benzene rings is 2. The first-order valence-corrected chi connectivity index (χ1v) is 12.4. The largest absolute Gasteiger partial charge is 0.488 e. The molecule has 11 heteroatoms. The molecule has 2 heterocycles. The maximum absolute atomic E-state index is 9.22. The zero-order chi connectivity index (χ0) is 26.7. The van der Waals surface area contributed by atoms with Crippen LogP contribution in [0.1, 0.15) is 5.56 Å². The fourth-order valence-electron chi connectivity index (χ4n) is 4.24. The molecule has 4 N–H and O–H groups in total. The van der Waals surface area contributed by atoms with Gasteiger partial charge in [0.15, 0.2) is 0 Å². The molecule has 0 aliphatic carbocycles. The summed E-state index contributed by atoms with van der Waals surface area (Å²) in [4.78, 5) is 10.9. The van der Waals surface area contributed by atoms with Crippen molar-refractivity contribution in [2.45, 2.75) is 18.8 Å². The summed E-state index contributed by atoms with van der Waals surface area (Å²) in [6.07, 6.45) is -0.377. The number of nitrogens with two attached hydrogens (primary N) is 1. The highest BCUT2D eigenvalue weighted by Crippen LogP contribution is 2.36. The molecule has 0 radical (unpaired) electrons. The molecule has 204 valence electrons. The van der Waals surface area contributed by atoms with Crippen LogP contribution in [0.3, 0.4) is 0 Å². The van der Waals surface area contributed by atoms with Crippen molar-refractivity contribution >= 4 is 17.5 Å². The van der Waals surface area contributed by atoms with Gasteiger partial charge in [0.05, 0.1) is 12.3 Å². The molecule has 1 aliphatic rings. The van der Waals surface area contributed by atoms with Crippen molar-refractivity contribution in [2.75, 3.05) is 70.0 Å². The van der Waals surface area contributed by atoms with Gasteiger partial charge in [0.25, 0.3) is 0 Å². The molecule has 1 aromatic heterocycles. The zero-order valence-electron chi connectivity index (χ0n) is 21.7. The number of nitrogens with one attached hydrogen (secondary N) is 1. The third-order valence-electron chi connectivity index (χ3n) is 6.02. The molecule has 3 aromatic rings. The predicted octanol–water partition coefficient (Wildman–Crippen LogP) is 2.51. The van der Waals surface area contributed by atoms with E-state index in [-0.39, 0.29) is 38.3 Å². The second-order valence-electron chi connectivity index (χ2n) is 8.73. The number of nitrogen functional groups attached to an aromatic ring is 1. The van der Waals surface area contributed by atoms with Crippen LogP contribution in [0.25, 0.3) is 11.3 Å². The molecule has 0 unspecified atom stereocenters. The highest BCUT2D eigenvalue weighted by molar-refractivity contribution is 5.75. The Hall–Kier alpha value is -3.48. The number of nitrogens with zero attached hydrogens (tertiary/aromatic N) is 3. The number of aromatic nitrogens is 2. The fourth-order valence-corrected chi connectivity index (χ4v) is 4.24. The van der Waals surface area contributed by atoms with E-state index in [1.165, 1.54) is 0 Å². The second-order valence-corrected chi connectivity index (χ2v) is 8.73. The minimum atomic E-state index is -0.188. The van der Waals surface area contributed by atoms with Crippen molar-refractivity contribution in [2.24, 2.45) is 0 Å². The Kier molecular flexibility index (Phi) is 10.1. The highest BCUT2D eigenvalue weighted by Gasteiger charge is 2.35. The van der Waals surface area contributed by atoms with E-state index in [2.05, 4.69) is 20.2 Å². The van der Waals surface area contributed by atoms with Crippen LogP contribution in [0.2, 0.25) is 0 Å². The van der Waals surface area contributed by atoms with Gasteiger partial charge in [-0.3, -0.25) is 0 Å². The number of ether oxygens (including phenoxy) is 5. The second kappa shape index (κ2) is 13.9. The Balaban J connectivity index is 1.65. The number of aliphatic hydroxyl groups excluding tert-OH is 1. The molecular formula is C27H35N5O6. The Morgan fingerprint density at radius 3 is 2.34 bits per heavy atom. The van der Waals surface area contributed by atoms with E-state index in [0.29, 0.717) is 43.5 Å². The summed E-state index contributed by atoms with van der Waals surface area (Å²) in [6, 6.07) is 17.7. The molecule has 0 amide bonds. The minimum Gasteiger partial charge on any atom is -0.488 e. The average molecular weight is 526 g/mol. The average Bonchev–Trinajstić information content (AvgIpc) is 3.35. The lowest BCUT2D eigenvalue weighted by molar-refractivity contribution is -0.139. The van der Waals surface area contributed by atoms with E-state index in [9.17, 15) is 5.11 Å². The molecule has 0 saturated carbocycles. The molecule has 1 saturated heterocycles. The van der Waals surface area contributed by atoms with E-state index in [1.807, 2.05) is 48.5 Å². The van der Waals surface area contributed by atoms with Crippen LogP contribution >= 0.6 is 0 Å². The number of anilines is 3. The van der Waals surface area contributed by atoms with Gasteiger partial charge in [0.2, 0.25) is 5.95 Å². The number of hydrogen-bond acceptors (Lipinski definition) is 11. The summed E-state index contributed by atoms with van der Waals surface area (Å²) in [5.74, 6) is 1.29. The Labute approximate surface area is 222 Å². The molecule has 1 aliphatic heterocycles. The van der Waals surface area contributed by atoms with Gasteiger partial charge in [-0.15, -0.1) is 0 Å². The molecule has 2 aromatic carbocycles. The summed E-state index contributed by atoms with van der Waals surface area (Å²) in [5.41, 5.74) is 9.39. The summed E-state index contributed by atoms with van der Waals surface area (Å²) in [6.45, 7) is 2.26. The fraction of sp³-hybridized carbons (Fsp3) is 0.407.